The smallest absolute Gasteiger partial charge is 0.151 e. The van der Waals surface area contributed by atoms with Gasteiger partial charge >= 0.3 is 0 Å². The molecule has 96 valence electrons. The molecule has 0 saturated carbocycles. The normalized spacial score (nSPS) is 10.6. The Kier molecular flexibility index (Phi) is 5.11. The molecular weight excluding hydrogens is 230 g/mol. The second-order valence-electron chi connectivity index (χ2n) is 3.52. The first-order chi connectivity index (χ1) is 8.10. The molecule has 0 heterocycles. The van der Waals surface area contributed by atoms with Gasteiger partial charge in [-0.05, 0) is 6.07 Å². The number of methoxy groups -OCH3 is 1. The van der Waals surface area contributed by atoms with E-state index in [1.165, 1.54) is 7.11 Å². The quantitative estimate of drug-likeness (QED) is 0.735. The Morgan fingerprint density at radius 3 is 2.65 bits per heavy atom. The number of nitrogens with zero attached hydrogens (tertiary/aromatic N) is 1. The zero-order chi connectivity index (χ0) is 12.8. The summed E-state index contributed by atoms with van der Waals surface area (Å²) in [7, 11) is 1.52. The third-order valence-corrected chi connectivity index (χ3v) is 2.35. The summed E-state index contributed by atoms with van der Waals surface area (Å²) in [5.74, 6) is -1.51. The Morgan fingerprint density at radius 1 is 1.35 bits per heavy atom. The number of nitrogen functional groups attached to an aromatic ring is 1. The zero-order valence-corrected chi connectivity index (χ0v) is 9.62. The average Bonchev–Trinajstić information content (AvgIpc) is 2.29. The molecule has 0 aliphatic rings. The van der Waals surface area contributed by atoms with E-state index in [0.29, 0.717) is 13.2 Å². The monoisotopic (exact) mass is 246 g/mol. The second-order valence-corrected chi connectivity index (χ2v) is 3.52. The zero-order valence-electron chi connectivity index (χ0n) is 9.62. The molecule has 0 radical (unpaired) electrons. The Balaban J connectivity index is 2.99. The van der Waals surface area contributed by atoms with Crippen molar-refractivity contribution >= 4 is 11.4 Å². The van der Waals surface area contributed by atoms with E-state index in [-0.39, 0.29) is 24.5 Å². The highest BCUT2D eigenvalue weighted by Gasteiger charge is 2.14. The SMILES string of the molecule is COCCN(CCO)c1cc(F)cc(F)c1N. The summed E-state index contributed by atoms with van der Waals surface area (Å²) in [4.78, 5) is 1.57. The molecule has 0 aromatic heterocycles. The van der Waals surface area contributed by atoms with Crippen molar-refractivity contribution in [2.45, 2.75) is 0 Å². The molecule has 0 amide bonds. The van der Waals surface area contributed by atoms with E-state index in [1.54, 1.807) is 4.90 Å². The van der Waals surface area contributed by atoms with Gasteiger partial charge in [-0.25, -0.2) is 8.78 Å². The summed E-state index contributed by atoms with van der Waals surface area (Å²) >= 11 is 0. The van der Waals surface area contributed by atoms with Crippen LogP contribution < -0.4 is 10.6 Å². The van der Waals surface area contributed by atoms with E-state index in [1.807, 2.05) is 0 Å². The predicted molar refractivity (Wildman–Crippen MR) is 61.9 cm³/mol. The summed E-state index contributed by atoms with van der Waals surface area (Å²) in [6.45, 7) is 0.861. The van der Waals surface area contributed by atoms with Crippen LogP contribution in [0.2, 0.25) is 0 Å². The maximum atomic E-state index is 13.3. The number of aliphatic hydroxyl groups excluding tert-OH is 1. The number of aliphatic hydroxyl groups is 1. The van der Waals surface area contributed by atoms with Crippen molar-refractivity contribution < 1.29 is 18.6 Å². The number of anilines is 2. The lowest BCUT2D eigenvalue weighted by Crippen LogP contribution is -2.31. The van der Waals surface area contributed by atoms with E-state index in [9.17, 15) is 8.78 Å². The summed E-state index contributed by atoms with van der Waals surface area (Å²) in [5, 5.41) is 8.92. The van der Waals surface area contributed by atoms with Gasteiger partial charge in [0.15, 0.2) is 5.82 Å². The molecule has 0 spiro atoms. The van der Waals surface area contributed by atoms with Crippen LogP contribution in [0.1, 0.15) is 0 Å². The number of hydrogen-bond donors (Lipinski definition) is 2. The minimum Gasteiger partial charge on any atom is -0.395 e. The fourth-order valence-electron chi connectivity index (χ4n) is 1.51. The number of nitrogens with two attached hydrogens (primary N) is 1. The summed E-state index contributed by atoms with van der Waals surface area (Å²) < 4.78 is 31.3. The lowest BCUT2D eigenvalue weighted by Gasteiger charge is -2.25. The van der Waals surface area contributed by atoms with Gasteiger partial charge in [-0.3, -0.25) is 0 Å². The van der Waals surface area contributed by atoms with Gasteiger partial charge in [0.05, 0.1) is 24.6 Å². The number of ether oxygens (including phenoxy) is 1. The van der Waals surface area contributed by atoms with Gasteiger partial charge in [0.1, 0.15) is 5.82 Å². The predicted octanol–water partition coefficient (Wildman–Crippen LogP) is 0.992. The highest BCUT2D eigenvalue weighted by atomic mass is 19.1. The molecule has 0 unspecified atom stereocenters. The molecule has 1 rings (SSSR count). The minimum absolute atomic E-state index is 0.129. The molecule has 6 heteroatoms. The van der Waals surface area contributed by atoms with E-state index >= 15 is 0 Å². The third kappa shape index (κ3) is 3.54. The molecule has 17 heavy (non-hydrogen) atoms. The summed E-state index contributed by atoms with van der Waals surface area (Å²) in [5.41, 5.74) is 5.65. The number of hydrogen-bond acceptors (Lipinski definition) is 4. The summed E-state index contributed by atoms with van der Waals surface area (Å²) in [6, 6.07) is 1.87. The fraction of sp³-hybridized carbons (Fsp3) is 0.455. The highest BCUT2D eigenvalue weighted by molar-refractivity contribution is 5.68. The van der Waals surface area contributed by atoms with Gasteiger partial charge in [0, 0.05) is 26.3 Å². The lowest BCUT2D eigenvalue weighted by atomic mass is 10.2. The lowest BCUT2D eigenvalue weighted by molar-refractivity contribution is 0.203. The van der Waals surface area contributed by atoms with Crippen molar-refractivity contribution in [3.05, 3.63) is 23.8 Å². The van der Waals surface area contributed by atoms with Crippen molar-refractivity contribution in [3.63, 3.8) is 0 Å². The maximum absolute atomic E-state index is 13.3. The van der Waals surface area contributed by atoms with Crippen molar-refractivity contribution in [2.24, 2.45) is 0 Å². The molecule has 4 nitrogen and oxygen atoms in total. The van der Waals surface area contributed by atoms with Crippen LogP contribution in [0.25, 0.3) is 0 Å². The van der Waals surface area contributed by atoms with Crippen LogP contribution in [0.15, 0.2) is 12.1 Å². The van der Waals surface area contributed by atoms with Crippen molar-refractivity contribution in [1.82, 2.24) is 0 Å². The van der Waals surface area contributed by atoms with Gasteiger partial charge in [-0.1, -0.05) is 0 Å². The fourth-order valence-corrected chi connectivity index (χ4v) is 1.51. The van der Waals surface area contributed by atoms with Crippen LogP contribution >= 0.6 is 0 Å². The van der Waals surface area contributed by atoms with Crippen LogP contribution in [0.5, 0.6) is 0 Å². The Bertz CT molecular complexity index is 375. The largest absolute Gasteiger partial charge is 0.395 e. The molecule has 1 aromatic carbocycles. The number of rotatable bonds is 6. The number of halogens is 2. The Morgan fingerprint density at radius 2 is 2.06 bits per heavy atom. The molecule has 0 aliphatic heterocycles. The van der Waals surface area contributed by atoms with Crippen molar-refractivity contribution in [1.29, 1.82) is 0 Å². The first-order valence-electron chi connectivity index (χ1n) is 5.19. The van der Waals surface area contributed by atoms with Crippen LogP contribution in [0.4, 0.5) is 20.2 Å². The van der Waals surface area contributed by atoms with Crippen LogP contribution in [0.3, 0.4) is 0 Å². The van der Waals surface area contributed by atoms with E-state index in [4.69, 9.17) is 15.6 Å². The van der Waals surface area contributed by atoms with Crippen molar-refractivity contribution in [3.8, 4) is 0 Å². The van der Waals surface area contributed by atoms with Crippen LogP contribution in [0, 0.1) is 11.6 Å². The summed E-state index contributed by atoms with van der Waals surface area (Å²) in [6.07, 6.45) is 0. The first kappa shape index (κ1) is 13.7. The van der Waals surface area contributed by atoms with Gasteiger partial charge < -0.3 is 20.5 Å². The van der Waals surface area contributed by atoms with E-state index < -0.39 is 11.6 Å². The molecule has 1 aromatic rings. The van der Waals surface area contributed by atoms with Crippen LogP contribution in [-0.4, -0.2) is 38.5 Å². The van der Waals surface area contributed by atoms with Crippen LogP contribution in [-0.2, 0) is 4.74 Å². The number of benzene rings is 1. The molecular formula is C11H16F2N2O2. The molecule has 0 bridgehead atoms. The molecule has 0 atom stereocenters. The highest BCUT2D eigenvalue weighted by Crippen LogP contribution is 2.27. The van der Waals surface area contributed by atoms with Gasteiger partial charge in [0.2, 0.25) is 0 Å². The first-order valence-corrected chi connectivity index (χ1v) is 5.19. The molecule has 0 saturated heterocycles. The van der Waals surface area contributed by atoms with Gasteiger partial charge in [-0.15, -0.1) is 0 Å². The van der Waals surface area contributed by atoms with Gasteiger partial charge in [0.25, 0.3) is 0 Å². The maximum Gasteiger partial charge on any atom is 0.151 e. The third-order valence-electron chi connectivity index (χ3n) is 2.35. The Hall–Kier alpha value is -1.40. The molecule has 3 N–H and O–H groups in total. The van der Waals surface area contributed by atoms with E-state index in [0.717, 1.165) is 12.1 Å². The van der Waals surface area contributed by atoms with E-state index in [2.05, 4.69) is 0 Å². The Labute approximate surface area is 98.6 Å². The topological polar surface area (TPSA) is 58.7 Å². The second kappa shape index (κ2) is 6.36. The average molecular weight is 246 g/mol. The molecule has 0 fully saturated rings. The molecule has 0 aliphatic carbocycles. The standard InChI is InChI=1S/C11H16F2N2O2/c1-17-5-3-15(2-4-16)10-7-8(12)6-9(13)11(10)14/h6-7,16H,2-5,14H2,1H3. The van der Waals surface area contributed by atoms with Gasteiger partial charge in [-0.2, -0.15) is 0 Å². The van der Waals surface area contributed by atoms with Crippen molar-refractivity contribution in [2.75, 3.05) is 44.0 Å². The minimum atomic E-state index is -0.805.